The Labute approximate surface area is 367 Å². The normalized spacial score (nSPS) is 18.8. The number of nitrogens with one attached hydrogen (secondary N) is 4. The SMILES string of the molecule is CN1CCN([C@@H]2CCCN(c3cnc(C(N)=O)c(Nc4ccc(C(=O)NCCOCCOCCOCCNc5cccc6c5C(=O)N(C5CCC(=O)NC5=O)C6=O)cc4)n3)C2)C1=O.[HH].[HH].[HH]. The van der Waals surface area contributed by atoms with E-state index in [-0.39, 0.29) is 70.9 Å². The maximum Gasteiger partial charge on any atom is 0.320 e. The van der Waals surface area contributed by atoms with Gasteiger partial charge in [-0.25, -0.2) is 14.8 Å². The Balaban J connectivity index is 0.00000317. The molecule has 5 heterocycles. The highest BCUT2D eigenvalue weighted by Gasteiger charge is 2.45. The van der Waals surface area contributed by atoms with Crippen molar-refractivity contribution in [3.63, 3.8) is 0 Å². The van der Waals surface area contributed by atoms with Crippen molar-refractivity contribution in [3.8, 4) is 0 Å². The van der Waals surface area contributed by atoms with Crippen LogP contribution in [0.4, 0.5) is 27.8 Å². The monoisotopic (exact) mass is 875 g/mol. The number of rotatable bonds is 20. The lowest BCUT2D eigenvalue weighted by Gasteiger charge is -2.37. The van der Waals surface area contributed by atoms with Gasteiger partial charge in [0.15, 0.2) is 11.5 Å². The maximum atomic E-state index is 13.2. The Morgan fingerprint density at radius 2 is 1.62 bits per heavy atom. The number of hydrogen-bond donors (Lipinski definition) is 5. The number of primary amides is 1. The van der Waals surface area contributed by atoms with Crippen LogP contribution >= 0.6 is 0 Å². The summed E-state index contributed by atoms with van der Waals surface area (Å²) in [5.41, 5.74) is 7.41. The molecule has 6 N–H and O–H groups in total. The third-order valence-electron chi connectivity index (χ3n) is 11.1. The molecule has 0 aliphatic carbocycles. The first kappa shape index (κ1) is 44.3. The summed E-state index contributed by atoms with van der Waals surface area (Å²) in [7, 11) is 1.80. The molecule has 7 rings (SSSR count). The molecule has 3 aromatic rings. The van der Waals surface area contributed by atoms with Crippen LogP contribution in [0.3, 0.4) is 0 Å². The molecule has 1 unspecified atom stereocenters. The van der Waals surface area contributed by atoms with E-state index in [9.17, 15) is 33.6 Å². The van der Waals surface area contributed by atoms with Gasteiger partial charge in [-0.2, -0.15) is 0 Å². The lowest BCUT2D eigenvalue weighted by molar-refractivity contribution is -0.136. The van der Waals surface area contributed by atoms with Crippen LogP contribution in [0.2, 0.25) is 0 Å². The molecule has 21 heteroatoms. The molecule has 63 heavy (non-hydrogen) atoms. The molecule has 1 aromatic heterocycles. The van der Waals surface area contributed by atoms with Crippen molar-refractivity contribution in [3.05, 3.63) is 71.0 Å². The third kappa shape index (κ3) is 10.5. The summed E-state index contributed by atoms with van der Waals surface area (Å²) < 4.78 is 16.7. The fraction of sp³-hybridized carbons (Fsp3) is 0.452. The summed E-state index contributed by atoms with van der Waals surface area (Å²) in [5, 5.41) is 11.2. The molecule has 0 spiro atoms. The molecule has 3 saturated heterocycles. The highest BCUT2D eigenvalue weighted by molar-refractivity contribution is 6.25. The van der Waals surface area contributed by atoms with Crippen molar-refractivity contribution in [1.29, 1.82) is 0 Å². The van der Waals surface area contributed by atoms with Gasteiger partial charge in [0.2, 0.25) is 11.8 Å². The van der Waals surface area contributed by atoms with Crippen LogP contribution in [0.15, 0.2) is 48.7 Å². The molecular weight excluding hydrogens is 819 g/mol. The highest BCUT2D eigenvalue weighted by Crippen LogP contribution is 2.32. The fourth-order valence-corrected chi connectivity index (χ4v) is 7.87. The maximum absolute atomic E-state index is 13.2. The van der Waals surface area contributed by atoms with E-state index in [0.29, 0.717) is 82.0 Å². The predicted octanol–water partition coefficient (Wildman–Crippen LogP) is 1.69. The molecule has 0 radical (unpaired) electrons. The zero-order valence-corrected chi connectivity index (χ0v) is 34.9. The number of carbonyl (C=O) groups is 7. The Hall–Kier alpha value is -6.71. The molecule has 21 nitrogen and oxygen atoms in total. The summed E-state index contributed by atoms with van der Waals surface area (Å²) in [4.78, 5) is 103. The molecule has 340 valence electrons. The topological polar surface area (TPSA) is 260 Å². The van der Waals surface area contributed by atoms with Crippen molar-refractivity contribution in [2.45, 2.75) is 37.8 Å². The minimum atomic E-state index is -1.04. The Morgan fingerprint density at radius 3 is 2.32 bits per heavy atom. The van der Waals surface area contributed by atoms with Gasteiger partial charge < -0.3 is 50.6 Å². The second kappa shape index (κ2) is 20.4. The average molecular weight is 876 g/mol. The van der Waals surface area contributed by atoms with Crippen LogP contribution in [-0.2, 0) is 23.8 Å². The second-order valence-electron chi connectivity index (χ2n) is 15.3. The zero-order chi connectivity index (χ0) is 44.5. The van der Waals surface area contributed by atoms with Gasteiger partial charge in [0.1, 0.15) is 11.9 Å². The minimum Gasteiger partial charge on any atom is -0.382 e. The van der Waals surface area contributed by atoms with E-state index in [1.807, 2.05) is 4.90 Å². The van der Waals surface area contributed by atoms with Gasteiger partial charge in [-0.15, -0.1) is 0 Å². The number of imide groups is 2. The van der Waals surface area contributed by atoms with Gasteiger partial charge in [0.25, 0.3) is 23.6 Å². The molecule has 4 aliphatic heterocycles. The smallest absolute Gasteiger partial charge is 0.320 e. The summed E-state index contributed by atoms with van der Waals surface area (Å²) in [5.74, 6) is -2.53. The van der Waals surface area contributed by atoms with E-state index in [2.05, 4.69) is 31.2 Å². The molecular formula is C42H57N11O10. The predicted molar refractivity (Wildman–Crippen MR) is 233 cm³/mol. The first-order valence-corrected chi connectivity index (χ1v) is 20.9. The number of nitrogens with two attached hydrogens (primary N) is 1. The largest absolute Gasteiger partial charge is 0.382 e. The number of aromatic nitrogens is 2. The van der Waals surface area contributed by atoms with Crippen LogP contribution < -0.4 is 31.9 Å². The molecule has 0 saturated carbocycles. The van der Waals surface area contributed by atoms with Crippen molar-refractivity contribution in [2.75, 3.05) is 101 Å². The van der Waals surface area contributed by atoms with Crippen molar-refractivity contribution in [1.82, 2.24) is 35.3 Å². The molecule has 2 atom stereocenters. The third-order valence-corrected chi connectivity index (χ3v) is 11.1. The molecule has 0 bridgehead atoms. The average Bonchev–Trinajstić information content (AvgIpc) is 3.75. The van der Waals surface area contributed by atoms with E-state index in [4.69, 9.17) is 24.9 Å². The summed E-state index contributed by atoms with van der Waals surface area (Å²) in [6.07, 6.45) is 3.42. The Morgan fingerprint density at radius 1 is 0.889 bits per heavy atom. The lowest BCUT2D eigenvalue weighted by Crippen LogP contribution is -2.54. The van der Waals surface area contributed by atoms with E-state index >= 15 is 0 Å². The first-order valence-electron chi connectivity index (χ1n) is 20.9. The zero-order valence-electron chi connectivity index (χ0n) is 34.9. The van der Waals surface area contributed by atoms with Gasteiger partial charge in [-0.1, -0.05) is 6.07 Å². The summed E-state index contributed by atoms with van der Waals surface area (Å²) >= 11 is 0. The van der Waals surface area contributed by atoms with E-state index in [1.54, 1.807) is 48.3 Å². The van der Waals surface area contributed by atoms with Crippen molar-refractivity contribution in [2.24, 2.45) is 5.73 Å². The molecule has 4 aliphatic rings. The number of anilines is 4. The van der Waals surface area contributed by atoms with Crippen LogP contribution in [0.5, 0.6) is 0 Å². The van der Waals surface area contributed by atoms with E-state index in [0.717, 1.165) is 24.3 Å². The Bertz CT molecular complexity index is 2240. The van der Waals surface area contributed by atoms with Crippen molar-refractivity contribution >= 4 is 64.5 Å². The van der Waals surface area contributed by atoms with Crippen LogP contribution in [-0.4, -0.2) is 164 Å². The standard InChI is InChI=1S/C42H51N11O10.3H2/c1-50-16-17-52(42(50)60)28-4-3-15-51(25-28)32-24-46-35(36(43)55)37(48-32)47-27-9-7-26(8-10-27)38(56)45-14-19-62-21-23-63-22-20-61-18-13-44-30-6-2-5-29-34(30)41(59)53(40(29)58)31-11-12-33(54)49-39(31)57;;;/h2,5-10,24,28,31,44H,3-4,11-23,25H2,1H3,(H2,43,55)(H,45,56)(H,47,48)(H,49,54,57);3*1H/t28-,31?;;;/m1.../s1. The number of nitrogens with zero attached hydrogens (tertiary/aromatic N) is 6. The number of likely N-dealkylation sites (N-methyl/N-ethyl adjacent to an activating group) is 1. The molecule has 8 amide bonds. The first-order chi connectivity index (χ1) is 30.5. The fourth-order valence-electron chi connectivity index (χ4n) is 7.87. The van der Waals surface area contributed by atoms with Gasteiger partial charge in [0.05, 0.1) is 63.0 Å². The Kier molecular flexibility index (Phi) is 14.4. The van der Waals surface area contributed by atoms with Gasteiger partial charge in [-0.05, 0) is 55.7 Å². The quantitative estimate of drug-likeness (QED) is 0.0800. The number of fused-ring (bicyclic) bond motifs is 1. The number of hydrogen-bond acceptors (Lipinski definition) is 15. The second-order valence-corrected chi connectivity index (χ2v) is 15.3. The number of amides is 8. The van der Waals surface area contributed by atoms with Crippen LogP contribution in [0.1, 0.15) is 71.5 Å². The van der Waals surface area contributed by atoms with Crippen molar-refractivity contribution < 1.29 is 52.1 Å². The summed E-state index contributed by atoms with van der Waals surface area (Å²) in [6.45, 7) is 5.15. The summed E-state index contributed by atoms with van der Waals surface area (Å²) in [6, 6.07) is 10.6. The van der Waals surface area contributed by atoms with Gasteiger partial charge in [-0.3, -0.25) is 39.0 Å². The van der Waals surface area contributed by atoms with Crippen LogP contribution in [0.25, 0.3) is 0 Å². The van der Waals surface area contributed by atoms with E-state index in [1.165, 1.54) is 12.3 Å². The lowest BCUT2D eigenvalue weighted by atomic mass is 10.0. The number of carbonyl (C=O) groups excluding carboxylic acids is 7. The van der Waals surface area contributed by atoms with E-state index < -0.39 is 35.6 Å². The number of benzene rings is 2. The number of ether oxygens (including phenoxy) is 3. The molecule has 3 fully saturated rings. The van der Waals surface area contributed by atoms with Gasteiger partial charge in [0, 0.05) is 74.0 Å². The molecule has 2 aromatic carbocycles. The van der Waals surface area contributed by atoms with Crippen LogP contribution in [0, 0.1) is 0 Å². The minimum absolute atomic E-state index is 0. The highest BCUT2D eigenvalue weighted by atomic mass is 16.5. The number of piperidine rings is 2. The van der Waals surface area contributed by atoms with Gasteiger partial charge >= 0.3 is 6.03 Å². The number of urea groups is 1.